The quantitative estimate of drug-likeness (QED) is 0.586. The number of methoxy groups -OCH3 is 1. The number of urea groups is 1. The summed E-state index contributed by atoms with van der Waals surface area (Å²) in [5.41, 5.74) is 0.988. The summed E-state index contributed by atoms with van der Waals surface area (Å²) in [5.74, 6) is -0.642. The number of rotatable bonds is 7. The van der Waals surface area contributed by atoms with Crippen molar-refractivity contribution in [2.24, 2.45) is 5.92 Å². The van der Waals surface area contributed by atoms with Crippen molar-refractivity contribution in [1.82, 2.24) is 10.6 Å². The highest BCUT2D eigenvalue weighted by Crippen LogP contribution is 2.35. The molecule has 24 heavy (non-hydrogen) atoms. The molecular weight excluding hydrogens is 312 g/mol. The van der Waals surface area contributed by atoms with E-state index in [1.807, 2.05) is 25.1 Å². The number of amides is 2. The van der Waals surface area contributed by atoms with Crippen LogP contribution in [0.15, 0.2) is 36.5 Å². The van der Waals surface area contributed by atoms with Crippen molar-refractivity contribution < 1.29 is 23.8 Å². The van der Waals surface area contributed by atoms with E-state index in [1.54, 1.807) is 6.07 Å². The van der Waals surface area contributed by atoms with Gasteiger partial charge in [0.1, 0.15) is 18.3 Å². The summed E-state index contributed by atoms with van der Waals surface area (Å²) in [5, 5.41) is 5.29. The second kappa shape index (κ2) is 8.35. The Labute approximate surface area is 141 Å². The zero-order valence-electron chi connectivity index (χ0n) is 13.8. The molecule has 2 rings (SSSR count). The molecule has 1 aliphatic heterocycles. The summed E-state index contributed by atoms with van der Waals surface area (Å²) in [7, 11) is 1.52. The fourth-order valence-corrected chi connectivity index (χ4v) is 2.56. The van der Waals surface area contributed by atoms with Crippen LogP contribution in [0.4, 0.5) is 4.79 Å². The second-order valence-electron chi connectivity index (χ2n) is 5.21. The van der Waals surface area contributed by atoms with Crippen LogP contribution in [-0.2, 0) is 14.3 Å². The highest BCUT2D eigenvalue weighted by molar-refractivity contribution is 5.85. The second-order valence-corrected chi connectivity index (χ2v) is 5.21. The lowest BCUT2D eigenvalue weighted by Crippen LogP contribution is -2.51. The molecule has 0 saturated carbocycles. The van der Waals surface area contributed by atoms with Crippen molar-refractivity contribution in [2.75, 3.05) is 26.9 Å². The van der Waals surface area contributed by atoms with E-state index in [2.05, 4.69) is 17.2 Å². The molecule has 0 aliphatic carbocycles. The summed E-state index contributed by atoms with van der Waals surface area (Å²) in [4.78, 5) is 24.3. The lowest BCUT2D eigenvalue weighted by molar-refractivity contribution is -0.149. The van der Waals surface area contributed by atoms with E-state index in [9.17, 15) is 9.59 Å². The number of esters is 1. The standard InChI is InChI=1S/C17H22N2O5/c1-4-23-13-8-6-5-7-12(13)15-14(11(2)18-17(21)19-15)16(20)24-10-9-22-3/h5-8,14-15H,2,4,9-10H2,1,3H3,(H2,18,19,21)/t14-,15+/m0/s1. The Hall–Kier alpha value is -2.54. The normalized spacial score (nSPS) is 20.1. The largest absolute Gasteiger partial charge is 0.494 e. The van der Waals surface area contributed by atoms with Crippen LogP contribution in [0.3, 0.4) is 0 Å². The molecule has 2 amide bonds. The molecule has 0 aromatic heterocycles. The molecule has 2 atom stereocenters. The maximum absolute atomic E-state index is 12.5. The summed E-state index contributed by atoms with van der Waals surface area (Å²) in [6, 6.07) is 6.22. The minimum Gasteiger partial charge on any atom is -0.494 e. The predicted octanol–water partition coefficient (Wildman–Crippen LogP) is 1.76. The number of hydrogen-bond acceptors (Lipinski definition) is 5. The summed E-state index contributed by atoms with van der Waals surface area (Å²) < 4.78 is 15.7. The van der Waals surface area contributed by atoms with Gasteiger partial charge in [0.25, 0.3) is 0 Å². The monoisotopic (exact) mass is 334 g/mol. The Morgan fingerprint density at radius 2 is 2.04 bits per heavy atom. The van der Waals surface area contributed by atoms with E-state index >= 15 is 0 Å². The summed E-state index contributed by atoms with van der Waals surface area (Å²) in [6.07, 6.45) is 0. The average molecular weight is 334 g/mol. The Morgan fingerprint density at radius 3 is 2.75 bits per heavy atom. The average Bonchev–Trinajstić information content (AvgIpc) is 2.55. The van der Waals surface area contributed by atoms with E-state index < -0.39 is 24.0 Å². The fourth-order valence-electron chi connectivity index (χ4n) is 2.56. The van der Waals surface area contributed by atoms with E-state index in [4.69, 9.17) is 14.2 Å². The lowest BCUT2D eigenvalue weighted by atomic mass is 9.88. The highest BCUT2D eigenvalue weighted by atomic mass is 16.6. The van der Waals surface area contributed by atoms with Gasteiger partial charge in [0.15, 0.2) is 0 Å². The molecule has 130 valence electrons. The van der Waals surface area contributed by atoms with E-state index in [1.165, 1.54) is 7.11 Å². The van der Waals surface area contributed by atoms with Crippen LogP contribution < -0.4 is 15.4 Å². The third-order valence-electron chi connectivity index (χ3n) is 3.61. The predicted molar refractivity (Wildman–Crippen MR) is 87.5 cm³/mol. The zero-order chi connectivity index (χ0) is 17.5. The molecule has 1 heterocycles. The van der Waals surface area contributed by atoms with Gasteiger partial charge in [-0.05, 0) is 13.0 Å². The molecule has 0 spiro atoms. The van der Waals surface area contributed by atoms with Crippen LogP contribution in [0.25, 0.3) is 0 Å². The number of nitrogens with one attached hydrogen (secondary N) is 2. The molecule has 1 aromatic carbocycles. The van der Waals surface area contributed by atoms with E-state index in [0.717, 1.165) is 0 Å². The van der Waals surface area contributed by atoms with Gasteiger partial charge in [-0.25, -0.2) is 4.79 Å². The molecule has 0 radical (unpaired) electrons. The first-order valence-electron chi connectivity index (χ1n) is 7.72. The van der Waals surface area contributed by atoms with Crippen LogP contribution in [0, 0.1) is 5.92 Å². The third kappa shape index (κ3) is 4.05. The molecule has 1 aromatic rings. The maximum atomic E-state index is 12.5. The van der Waals surface area contributed by atoms with Crippen molar-refractivity contribution in [1.29, 1.82) is 0 Å². The minimum atomic E-state index is -0.763. The van der Waals surface area contributed by atoms with Crippen LogP contribution in [-0.4, -0.2) is 38.9 Å². The lowest BCUT2D eigenvalue weighted by Gasteiger charge is -2.33. The molecule has 0 bridgehead atoms. The van der Waals surface area contributed by atoms with Gasteiger partial charge in [-0.2, -0.15) is 0 Å². The fraction of sp³-hybridized carbons (Fsp3) is 0.412. The first-order valence-corrected chi connectivity index (χ1v) is 7.72. The number of carbonyl (C=O) groups is 2. The maximum Gasteiger partial charge on any atom is 0.319 e. The van der Waals surface area contributed by atoms with Gasteiger partial charge in [0.2, 0.25) is 0 Å². The summed E-state index contributed by atoms with van der Waals surface area (Å²) >= 11 is 0. The Bertz CT molecular complexity index is 617. The van der Waals surface area contributed by atoms with Gasteiger partial charge in [-0.15, -0.1) is 0 Å². The van der Waals surface area contributed by atoms with Gasteiger partial charge < -0.3 is 24.8 Å². The number of benzene rings is 1. The van der Waals surface area contributed by atoms with E-state index in [0.29, 0.717) is 24.5 Å². The summed E-state index contributed by atoms with van der Waals surface area (Å²) in [6.45, 7) is 6.57. The zero-order valence-corrected chi connectivity index (χ0v) is 13.8. The number of carbonyl (C=O) groups excluding carboxylic acids is 2. The van der Waals surface area contributed by atoms with Crippen molar-refractivity contribution in [3.05, 3.63) is 42.1 Å². The number of para-hydroxylation sites is 1. The van der Waals surface area contributed by atoms with Crippen LogP contribution >= 0.6 is 0 Å². The van der Waals surface area contributed by atoms with Crippen LogP contribution in [0.1, 0.15) is 18.5 Å². The first-order chi connectivity index (χ1) is 11.6. The van der Waals surface area contributed by atoms with Crippen LogP contribution in [0.2, 0.25) is 0 Å². The molecule has 2 N–H and O–H groups in total. The topological polar surface area (TPSA) is 85.9 Å². The molecule has 1 fully saturated rings. The van der Waals surface area contributed by atoms with Gasteiger partial charge in [-0.3, -0.25) is 4.79 Å². The smallest absolute Gasteiger partial charge is 0.319 e. The van der Waals surface area contributed by atoms with E-state index in [-0.39, 0.29) is 12.3 Å². The molecule has 0 unspecified atom stereocenters. The Kier molecular flexibility index (Phi) is 6.20. The van der Waals surface area contributed by atoms with Gasteiger partial charge in [0.05, 0.1) is 19.3 Å². The Balaban J connectivity index is 2.30. The van der Waals surface area contributed by atoms with Gasteiger partial charge in [0, 0.05) is 18.4 Å². The molecular formula is C17H22N2O5. The van der Waals surface area contributed by atoms with Gasteiger partial charge in [-0.1, -0.05) is 24.8 Å². The van der Waals surface area contributed by atoms with Crippen molar-refractivity contribution in [3.8, 4) is 5.75 Å². The van der Waals surface area contributed by atoms with Crippen molar-refractivity contribution >= 4 is 12.0 Å². The van der Waals surface area contributed by atoms with Crippen molar-refractivity contribution in [3.63, 3.8) is 0 Å². The van der Waals surface area contributed by atoms with Gasteiger partial charge >= 0.3 is 12.0 Å². The first kappa shape index (κ1) is 17.8. The highest BCUT2D eigenvalue weighted by Gasteiger charge is 2.40. The molecule has 7 heteroatoms. The molecule has 1 aliphatic rings. The molecule has 7 nitrogen and oxygen atoms in total. The number of ether oxygens (including phenoxy) is 3. The van der Waals surface area contributed by atoms with Crippen molar-refractivity contribution in [2.45, 2.75) is 13.0 Å². The Morgan fingerprint density at radius 1 is 1.29 bits per heavy atom. The molecule has 1 saturated heterocycles. The third-order valence-corrected chi connectivity index (χ3v) is 3.61. The number of hydrogen-bond donors (Lipinski definition) is 2. The van der Waals surface area contributed by atoms with Crippen LogP contribution in [0.5, 0.6) is 5.75 Å². The minimum absolute atomic E-state index is 0.132. The SMILES string of the molecule is C=C1NC(=O)N[C@H](c2ccccc2OCC)[C@H]1C(=O)OCCOC.